The summed E-state index contributed by atoms with van der Waals surface area (Å²) < 4.78 is 0. The number of hydrogen-bond acceptors (Lipinski definition) is 4. The van der Waals surface area contributed by atoms with Crippen LogP contribution in [0, 0.1) is 5.92 Å². The molecule has 1 aliphatic heterocycles. The van der Waals surface area contributed by atoms with Crippen molar-refractivity contribution in [2.45, 2.75) is 19.9 Å². The number of pyridine rings is 1. The number of aromatic amines is 1. The maximum absolute atomic E-state index is 12.1. The highest BCUT2D eigenvalue weighted by atomic mass is 16.2. The van der Waals surface area contributed by atoms with Crippen molar-refractivity contribution in [2.24, 2.45) is 5.92 Å². The molecule has 6 nitrogen and oxygen atoms in total. The number of nitrogens with one attached hydrogen (secondary N) is 1. The third-order valence-corrected chi connectivity index (χ3v) is 5.30. The van der Waals surface area contributed by atoms with Gasteiger partial charge in [-0.15, -0.1) is 0 Å². The average Bonchev–Trinajstić information content (AvgIpc) is 3.09. The Bertz CT molecular complexity index is 903. The monoisotopic (exact) mass is 363 g/mol. The van der Waals surface area contributed by atoms with Gasteiger partial charge in [-0.25, -0.2) is 0 Å². The number of benzene rings is 1. The molecule has 0 saturated carbocycles. The van der Waals surface area contributed by atoms with Crippen LogP contribution in [0.1, 0.15) is 18.2 Å². The molecule has 4 rings (SSSR count). The fourth-order valence-corrected chi connectivity index (χ4v) is 3.99. The minimum atomic E-state index is 0.152. The zero-order valence-corrected chi connectivity index (χ0v) is 15.6. The van der Waals surface area contributed by atoms with Crippen molar-refractivity contribution < 1.29 is 4.79 Å². The third-order valence-electron chi connectivity index (χ3n) is 5.30. The van der Waals surface area contributed by atoms with Gasteiger partial charge in [0.1, 0.15) is 0 Å². The van der Waals surface area contributed by atoms with Crippen molar-refractivity contribution in [3.8, 4) is 0 Å². The topological polar surface area (TPSA) is 65.1 Å². The summed E-state index contributed by atoms with van der Waals surface area (Å²) in [4.78, 5) is 21.1. The molecule has 6 heteroatoms. The highest BCUT2D eigenvalue weighted by molar-refractivity contribution is 5.81. The number of rotatable bonds is 4. The molecule has 140 valence electrons. The first-order valence-corrected chi connectivity index (χ1v) is 9.48. The normalized spacial score (nSPS) is 18.6. The van der Waals surface area contributed by atoms with Gasteiger partial charge in [-0.05, 0) is 30.0 Å². The summed E-state index contributed by atoms with van der Waals surface area (Å²) in [6, 6.07) is 12.5. The van der Waals surface area contributed by atoms with E-state index >= 15 is 0 Å². The summed E-state index contributed by atoms with van der Waals surface area (Å²) in [5.41, 5.74) is 3.43. The van der Waals surface area contributed by atoms with Gasteiger partial charge >= 0.3 is 0 Å². The molecule has 0 aliphatic carbocycles. The average molecular weight is 363 g/mol. The van der Waals surface area contributed by atoms with E-state index in [0.29, 0.717) is 5.92 Å². The van der Waals surface area contributed by atoms with Crippen molar-refractivity contribution in [1.82, 2.24) is 25.0 Å². The Morgan fingerprint density at radius 1 is 1.15 bits per heavy atom. The molecule has 1 unspecified atom stereocenters. The van der Waals surface area contributed by atoms with E-state index in [4.69, 9.17) is 0 Å². The van der Waals surface area contributed by atoms with Crippen LogP contribution in [0.2, 0.25) is 0 Å². The van der Waals surface area contributed by atoms with E-state index < -0.39 is 0 Å². The molecule has 2 aromatic heterocycles. The second-order valence-corrected chi connectivity index (χ2v) is 7.34. The highest BCUT2D eigenvalue weighted by Gasteiger charge is 2.25. The van der Waals surface area contributed by atoms with Crippen LogP contribution in [0.15, 0.2) is 48.8 Å². The molecule has 27 heavy (non-hydrogen) atoms. The number of hydrogen-bond donors (Lipinski definition) is 1. The zero-order valence-electron chi connectivity index (χ0n) is 15.6. The minimum Gasteiger partial charge on any atom is -0.341 e. The summed E-state index contributed by atoms with van der Waals surface area (Å²) in [7, 11) is 0. The number of H-pyrrole nitrogens is 1. The van der Waals surface area contributed by atoms with Gasteiger partial charge in [0.2, 0.25) is 5.91 Å². The molecule has 1 aliphatic rings. The molecule has 1 saturated heterocycles. The first-order valence-electron chi connectivity index (χ1n) is 9.48. The molecule has 1 atom stereocenters. The fourth-order valence-electron chi connectivity index (χ4n) is 3.99. The Morgan fingerprint density at radius 3 is 2.85 bits per heavy atom. The van der Waals surface area contributed by atoms with Crippen molar-refractivity contribution >= 4 is 16.8 Å². The largest absolute Gasteiger partial charge is 0.341 e. The Hall–Kier alpha value is -2.73. The maximum Gasteiger partial charge on any atom is 0.219 e. The zero-order chi connectivity index (χ0) is 18.6. The Labute approximate surface area is 159 Å². The van der Waals surface area contributed by atoms with Crippen LogP contribution in [0.3, 0.4) is 0 Å². The molecule has 0 radical (unpaired) electrons. The van der Waals surface area contributed by atoms with Crippen molar-refractivity contribution in [3.63, 3.8) is 0 Å². The molecule has 3 heterocycles. The molecule has 0 bridgehead atoms. The second-order valence-electron chi connectivity index (χ2n) is 7.34. The van der Waals surface area contributed by atoms with Crippen LogP contribution in [0.25, 0.3) is 10.9 Å². The van der Waals surface area contributed by atoms with E-state index in [9.17, 15) is 4.79 Å². The SMILES string of the molecule is CC(=O)N1CCN(Cc2ccn[nH]2)CC(Cc2cccc3cccnc23)C1. The second kappa shape index (κ2) is 7.88. The number of para-hydroxylation sites is 1. The fraction of sp³-hybridized carbons (Fsp3) is 0.381. The van der Waals surface area contributed by atoms with Gasteiger partial charge in [0.05, 0.1) is 5.52 Å². The maximum atomic E-state index is 12.1. The molecular formula is C21H25N5O. The van der Waals surface area contributed by atoms with Gasteiger partial charge < -0.3 is 4.90 Å². The highest BCUT2D eigenvalue weighted by Crippen LogP contribution is 2.22. The van der Waals surface area contributed by atoms with Crippen molar-refractivity contribution in [3.05, 3.63) is 60.0 Å². The summed E-state index contributed by atoms with van der Waals surface area (Å²) in [5, 5.41) is 8.26. The lowest BCUT2D eigenvalue weighted by molar-refractivity contribution is -0.129. The van der Waals surface area contributed by atoms with Crippen LogP contribution in [0.5, 0.6) is 0 Å². The smallest absolute Gasteiger partial charge is 0.219 e. The minimum absolute atomic E-state index is 0.152. The number of fused-ring (bicyclic) bond motifs is 1. The van der Waals surface area contributed by atoms with Crippen molar-refractivity contribution in [2.75, 3.05) is 26.2 Å². The number of carbonyl (C=O) groups is 1. The summed E-state index contributed by atoms with van der Waals surface area (Å²) in [6.07, 6.45) is 4.55. The molecule has 3 aromatic rings. The Morgan fingerprint density at radius 2 is 2.04 bits per heavy atom. The third kappa shape index (κ3) is 4.17. The van der Waals surface area contributed by atoms with Gasteiger partial charge in [-0.1, -0.05) is 24.3 Å². The molecule has 1 aromatic carbocycles. The van der Waals surface area contributed by atoms with Gasteiger partial charge in [-0.2, -0.15) is 5.10 Å². The lowest BCUT2D eigenvalue weighted by Crippen LogP contribution is -2.34. The molecule has 0 spiro atoms. The standard InChI is InChI=1S/C21H25N5O/c1-16(27)26-11-10-25(15-20-7-9-23-24-20)13-17(14-26)12-19-5-2-4-18-6-3-8-22-21(18)19/h2-9,17H,10-15H2,1H3,(H,23,24). The van der Waals surface area contributed by atoms with Gasteiger partial charge in [0.25, 0.3) is 0 Å². The van der Waals surface area contributed by atoms with Gasteiger partial charge in [0.15, 0.2) is 0 Å². The quantitative estimate of drug-likeness (QED) is 0.773. The van der Waals surface area contributed by atoms with Crippen LogP contribution in [0.4, 0.5) is 0 Å². The van der Waals surface area contributed by atoms with Crippen LogP contribution in [-0.4, -0.2) is 57.1 Å². The number of nitrogens with zero attached hydrogens (tertiary/aromatic N) is 4. The predicted molar refractivity (Wildman–Crippen MR) is 105 cm³/mol. The van der Waals surface area contributed by atoms with Crippen LogP contribution >= 0.6 is 0 Å². The first-order chi connectivity index (χ1) is 13.2. The predicted octanol–water partition coefficient (Wildman–Crippen LogP) is 2.48. The molecule has 1 fully saturated rings. The summed E-state index contributed by atoms with van der Waals surface area (Å²) in [5.74, 6) is 0.520. The molecule has 1 N–H and O–H groups in total. The van der Waals surface area contributed by atoms with Crippen molar-refractivity contribution in [1.29, 1.82) is 0 Å². The van der Waals surface area contributed by atoms with Gasteiger partial charge in [0, 0.05) is 63.1 Å². The van der Waals surface area contributed by atoms with Crippen LogP contribution in [-0.2, 0) is 17.8 Å². The first kappa shape index (κ1) is 17.7. The van der Waals surface area contributed by atoms with E-state index in [1.165, 1.54) is 10.9 Å². The Kier molecular flexibility index (Phi) is 5.16. The summed E-state index contributed by atoms with van der Waals surface area (Å²) in [6.45, 7) is 5.89. The van der Waals surface area contributed by atoms with E-state index in [0.717, 1.165) is 50.4 Å². The van der Waals surface area contributed by atoms with E-state index in [1.54, 1.807) is 13.1 Å². The molecule has 1 amide bonds. The number of aromatic nitrogens is 3. The molecular weight excluding hydrogens is 338 g/mol. The lowest BCUT2D eigenvalue weighted by Gasteiger charge is -2.24. The van der Waals surface area contributed by atoms with E-state index in [1.807, 2.05) is 23.2 Å². The van der Waals surface area contributed by atoms with E-state index in [2.05, 4.69) is 44.3 Å². The lowest BCUT2D eigenvalue weighted by atomic mass is 9.96. The summed E-state index contributed by atoms with van der Waals surface area (Å²) >= 11 is 0. The number of carbonyl (C=O) groups excluding carboxylic acids is 1. The van der Waals surface area contributed by atoms with Crippen LogP contribution < -0.4 is 0 Å². The van der Waals surface area contributed by atoms with E-state index in [-0.39, 0.29) is 5.91 Å². The Balaban J connectivity index is 1.56. The van der Waals surface area contributed by atoms with Gasteiger partial charge in [-0.3, -0.25) is 19.8 Å². The number of amides is 1.